The van der Waals surface area contributed by atoms with Crippen LogP contribution < -0.4 is 16.0 Å². The summed E-state index contributed by atoms with van der Waals surface area (Å²) in [6.07, 6.45) is 9.05. The average molecular weight is 629 g/mol. The first-order chi connectivity index (χ1) is 17.8. The van der Waals surface area contributed by atoms with Crippen molar-refractivity contribution in [2.24, 2.45) is 22.7 Å². The standard InChI is InChI=1S/C28H27Br2N3O4/c1-37-24-10-19(29)3-4-22(24)31-14-20-25(34)32-27(36)33(26(20)35)23-5-2-18(9-21(23)30)28-11-15-6-16(12-28)8-17(7-15)13-28/h2-5,9-10,14-17,35H,6-8,11-13H2,1H3,(H,32,34,36). The van der Waals surface area contributed by atoms with Crippen LogP contribution in [0.2, 0.25) is 0 Å². The minimum absolute atomic E-state index is 0.123. The normalized spacial score (nSPS) is 26.2. The molecule has 7 nitrogen and oxygen atoms in total. The third-order valence-corrected chi connectivity index (χ3v) is 9.56. The van der Waals surface area contributed by atoms with Crippen molar-refractivity contribution in [2.45, 2.75) is 43.9 Å². The SMILES string of the molecule is COc1cc(Br)ccc1N=Cc1c(O)n(-c2ccc(C34CC5CC(CC(C5)C3)C4)cc2Br)c(=O)[nH]c1=O. The number of benzene rings is 2. The van der Waals surface area contributed by atoms with E-state index >= 15 is 0 Å². The zero-order valence-electron chi connectivity index (χ0n) is 20.3. The number of nitrogens with one attached hydrogen (secondary N) is 1. The molecule has 4 aliphatic rings. The maximum absolute atomic E-state index is 12.8. The fourth-order valence-electron chi connectivity index (χ4n) is 7.25. The Kier molecular flexibility index (Phi) is 6.18. The minimum atomic E-state index is -0.722. The predicted molar refractivity (Wildman–Crippen MR) is 150 cm³/mol. The van der Waals surface area contributed by atoms with Crippen LogP contribution in [0.1, 0.15) is 49.7 Å². The van der Waals surface area contributed by atoms with Crippen LogP contribution in [-0.2, 0) is 5.41 Å². The molecule has 4 bridgehead atoms. The topological polar surface area (TPSA) is 96.7 Å². The summed E-state index contributed by atoms with van der Waals surface area (Å²) in [5, 5.41) is 11.1. The number of hydrogen-bond acceptors (Lipinski definition) is 5. The quantitative estimate of drug-likeness (QED) is 0.340. The average Bonchev–Trinajstić information content (AvgIpc) is 2.84. The molecule has 0 spiro atoms. The van der Waals surface area contributed by atoms with Crippen LogP contribution in [0.25, 0.3) is 5.69 Å². The Bertz CT molecular complexity index is 1510. The number of ether oxygens (including phenoxy) is 1. The van der Waals surface area contributed by atoms with E-state index in [9.17, 15) is 14.7 Å². The number of nitrogens with zero attached hydrogens (tertiary/aromatic N) is 2. The van der Waals surface area contributed by atoms with Crippen molar-refractivity contribution in [1.82, 2.24) is 9.55 Å². The van der Waals surface area contributed by atoms with Gasteiger partial charge in [-0.25, -0.2) is 9.36 Å². The molecule has 0 unspecified atom stereocenters. The van der Waals surface area contributed by atoms with Gasteiger partial charge in [0.1, 0.15) is 17.0 Å². The summed E-state index contributed by atoms with van der Waals surface area (Å²) in [7, 11) is 1.52. The van der Waals surface area contributed by atoms with Gasteiger partial charge in [-0.2, -0.15) is 0 Å². The zero-order chi connectivity index (χ0) is 25.9. The van der Waals surface area contributed by atoms with Crippen LogP contribution in [0.5, 0.6) is 11.6 Å². The molecule has 37 heavy (non-hydrogen) atoms. The van der Waals surface area contributed by atoms with Crippen molar-refractivity contribution >= 4 is 43.8 Å². The number of aromatic amines is 1. The van der Waals surface area contributed by atoms with Crippen molar-refractivity contribution in [3.05, 3.63) is 77.3 Å². The molecule has 1 aromatic heterocycles. The van der Waals surface area contributed by atoms with E-state index in [1.54, 1.807) is 18.2 Å². The van der Waals surface area contributed by atoms with Crippen LogP contribution in [0.4, 0.5) is 5.69 Å². The van der Waals surface area contributed by atoms with Crippen molar-refractivity contribution in [1.29, 1.82) is 0 Å². The molecule has 192 valence electrons. The van der Waals surface area contributed by atoms with Gasteiger partial charge in [-0.15, -0.1) is 0 Å². The molecular formula is C28H27Br2N3O4. The number of methoxy groups -OCH3 is 1. The highest BCUT2D eigenvalue weighted by Gasteiger charge is 2.51. The van der Waals surface area contributed by atoms with Crippen molar-refractivity contribution in [3.63, 3.8) is 0 Å². The number of halogens is 2. The van der Waals surface area contributed by atoms with Crippen LogP contribution in [0, 0.1) is 17.8 Å². The van der Waals surface area contributed by atoms with Crippen LogP contribution in [-0.4, -0.2) is 28.0 Å². The molecule has 0 saturated heterocycles. The Morgan fingerprint density at radius 2 is 1.73 bits per heavy atom. The number of aliphatic imine (C=N–C) groups is 1. The molecule has 2 aromatic carbocycles. The molecular weight excluding hydrogens is 602 g/mol. The number of aromatic nitrogens is 2. The molecule has 0 radical (unpaired) electrons. The second-order valence-electron chi connectivity index (χ2n) is 10.8. The second-order valence-corrected chi connectivity index (χ2v) is 12.5. The fraction of sp³-hybridized carbons (Fsp3) is 0.393. The molecule has 9 heteroatoms. The Morgan fingerprint density at radius 3 is 2.35 bits per heavy atom. The van der Waals surface area contributed by atoms with Crippen molar-refractivity contribution < 1.29 is 9.84 Å². The Balaban J connectivity index is 1.38. The molecule has 4 aliphatic carbocycles. The highest BCUT2D eigenvalue weighted by atomic mass is 79.9. The molecule has 2 N–H and O–H groups in total. The van der Waals surface area contributed by atoms with Gasteiger partial charge in [-0.05, 0) is 114 Å². The van der Waals surface area contributed by atoms with E-state index in [1.165, 1.54) is 57.4 Å². The summed E-state index contributed by atoms with van der Waals surface area (Å²) in [4.78, 5) is 32.1. The number of H-pyrrole nitrogens is 1. The molecule has 0 atom stereocenters. The third kappa shape index (κ3) is 4.30. The van der Waals surface area contributed by atoms with Gasteiger partial charge < -0.3 is 9.84 Å². The number of hydrogen-bond donors (Lipinski definition) is 2. The van der Waals surface area contributed by atoms with Gasteiger partial charge in [0.15, 0.2) is 0 Å². The van der Waals surface area contributed by atoms with E-state index in [-0.39, 0.29) is 11.0 Å². The molecule has 4 saturated carbocycles. The van der Waals surface area contributed by atoms with E-state index < -0.39 is 17.1 Å². The third-order valence-electron chi connectivity index (χ3n) is 8.43. The summed E-state index contributed by atoms with van der Waals surface area (Å²) in [5.74, 6) is 2.49. The van der Waals surface area contributed by atoms with Gasteiger partial charge in [0.05, 0.1) is 12.8 Å². The lowest BCUT2D eigenvalue weighted by Crippen LogP contribution is -2.48. The second kappa shape index (κ2) is 9.27. The summed E-state index contributed by atoms with van der Waals surface area (Å²) in [6, 6.07) is 11.3. The first-order valence-corrected chi connectivity index (χ1v) is 14.1. The largest absolute Gasteiger partial charge is 0.494 e. The molecule has 1 heterocycles. The molecule has 4 fully saturated rings. The van der Waals surface area contributed by atoms with Crippen LogP contribution >= 0.6 is 31.9 Å². The minimum Gasteiger partial charge on any atom is -0.494 e. The smallest absolute Gasteiger partial charge is 0.335 e. The van der Waals surface area contributed by atoms with E-state index in [1.807, 2.05) is 6.07 Å². The van der Waals surface area contributed by atoms with Gasteiger partial charge in [0, 0.05) is 15.2 Å². The molecule has 3 aromatic rings. The summed E-state index contributed by atoms with van der Waals surface area (Å²) in [6.45, 7) is 0. The lowest BCUT2D eigenvalue weighted by Gasteiger charge is -2.57. The van der Waals surface area contributed by atoms with Gasteiger partial charge in [0.2, 0.25) is 5.88 Å². The van der Waals surface area contributed by atoms with Gasteiger partial charge >= 0.3 is 5.69 Å². The van der Waals surface area contributed by atoms with Crippen molar-refractivity contribution in [3.8, 4) is 17.3 Å². The van der Waals surface area contributed by atoms with E-state index in [0.717, 1.165) is 26.8 Å². The maximum Gasteiger partial charge on any atom is 0.335 e. The monoisotopic (exact) mass is 627 g/mol. The highest BCUT2D eigenvalue weighted by Crippen LogP contribution is 2.61. The number of rotatable bonds is 5. The summed E-state index contributed by atoms with van der Waals surface area (Å²) < 4.78 is 7.97. The molecule has 0 aliphatic heterocycles. The lowest BCUT2D eigenvalue weighted by atomic mass is 9.48. The van der Waals surface area contributed by atoms with Crippen LogP contribution in [0.15, 0.2) is 59.9 Å². The summed E-state index contributed by atoms with van der Waals surface area (Å²) in [5.41, 5.74) is 0.871. The van der Waals surface area contributed by atoms with Gasteiger partial charge in [0.25, 0.3) is 5.56 Å². The molecule has 0 amide bonds. The van der Waals surface area contributed by atoms with E-state index in [2.05, 4.69) is 54.0 Å². The van der Waals surface area contributed by atoms with Crippen LogP contribution in [0.3, 0.4) is 0 Å². The first kappa shape index (κ1) is 24.7. The Labute approximate surface area is 230 Å². The first-order valence-electron chi connectivity index (χ1n) is 12.5. The van der Waals surface area contributed by atoms with Crippen molar-refractivity contribution in [2.75, 3.05) is 7.11 Å². The maximum atomic E-state index is 12.8. The van der Waals surface area contributed by atoms with E-state index in [4.69, 9.17) is 4.74 Å². The summed E-state index contributed by atoms with van der Waals surface area (Å²) >= 11 is 7.05. The zero-order valence-corrected chi connectivity index (χ0v) is 23.5. The molecule has 7 rings (SSSR count). The lowest BCUT2D eigenvalue weighted by molar-refractivity contribution is -0.00521. The predicted octanol–water partition coefficient (Wildman–Crippen LogP) is 5.98. The fourth-order valence-corrected chi connectivity index (χ4v) is 8.15. The number of aromatic hydroxyl groups is 1. The van der Waals surface area contributed by atoms with Gasteiger partial charge in [-0.3, -0.25) is 14.8 Å². The Hall–Kier alpha value is -2.65. The highest BCUT2D eigenvalue weighted by molar-refractivity contribution is 9.10. The Morgan fingerprint density at radius 1 is 1.05 bits per heavy atom. The van der Waals surface area contributed by atoms with Gasteiger partial charge in [-0.1, -0.05) is 22.0 Å². The van der Waals surface area contributed by atoms with E-state index in [0.29, 0.717) is 21.6 Å².